The maximum absolute atomic E-state index is 11.3. The molecule has 0 spiro atoms. The number of Topliss-reactive ketones (excluding diaryl/α,β-unsaturated/α-hetero) is 1. The summed E-state index contributed by atoms with van der Waals surface area (Å²) in [4.78, 5) is 11.3. The van der Waals surface area contributed by atoms with Gasteiger partial charge in [0.05, 0.1) is 29.5 Å². The second-order valence-corrected chi connectivity index (χ2v) is 3.00. The van der Waals surface area contributed by atoms with Gasteiger partial charge in [0.25, 0.3) is 0 Å². The van der Waals surface area contributed by atoms with Gasteiger partial charge in [-0.25, -0.2) is 0 Å². The third-order valence-electron chi connectivity index (χ3n) is 1.98. The average molecular weight is 204 g/mol. The predicted octanol–water partition coefficient (Wildman–Crippen LogP) is 1.74. The highest BCUT2D eigenvalue weighted by Gasteiger charge is 2.15. The van der Waals surface area contributed by atoms with Crippen LogP contribution in [0.25, 0.3) is 0 Å². The molecule has 1 rings (SSSR count). The van der Waals surface area contributed by atoms with Gasteiger partial charge < -0.3 is 10.5 Å². The second kappa shape index (κ2) is 4.47. The van der Waals surface area contributed by atoms with Gasteiger partial charge >= 0.3 is 0 Å². The van der Waals surface area contributed by atoms with Crippen LogP contribution in [0, 0.1) is 11.3 Å². The van der Waals surface area contributed by atoms with Crippen molar-refractivity contribution < 1.29 is 9.53 Å². The molecule has 0 unspecified atom stereocenters. The molecule has 78 valence electrons. The second-order valence-electron chi connectivity index (χ2n) is 3.00. The summed E-state index contributed by atoms with van der Waals surface area (Å²) in [6, 6.07) is 5.07. The van der Waals surface area contributed by atoms with Crippen LogP contribution in [0.2, 0.25) is 0 Å². The number of nitriles is 1. The molecule has 0 amide bonds. The van der Waals surface area contributed by atoms with Crippen molar-refractivity contribution in [3.05, 3.63) is 23.3 Å². The number of carbonyl (C=O) groups excluding carboxylic acids is 1. The highest BCUT2D eigenvalue weighted by Crippen LogP contribution is 2.28. The molecule has 4 nitrogen and oxygen atoms in total. The van der Waals surface area contributed by atoms with Crippen molar-refractivity contribution >= 4 is 11.5 Å². The molecular weight excluding hydrogens is 192 g/mol. The zero-order valence-electron chi connectivity index (χ0n) is 8.70. The van der Waals surface area contributed by atoms with Crippen molar-refractivity contribution in [3.63, 3.8) is 0 Å². The minimum atomic E-state index is -0.231. The molecule has 0 bridgehead atoms. The molecule has 0 aliphatic heterocycles. The van der Waals surface area contributed by atoms with Gasteiger partial charge in [0.2, 0.25) is 0 Å². The average Bonchev–Trinajstić information content (AvgIpc) is 2.20. The Morgan fingerprint density at radius 3 is 2.73 bits per heavy atom. The molecule has 0 saturated carbocycles. The van der Waals surface area contributed by atoms with Gasteiger partial charge in [-0.3, -0.25) is 4.79 Å². The molecule has 15 heavy (non-hydrogen) atoms. The monoisotopic (exact) mass is 204 g/mol. The Labute approximate surface area is 88.3 Å². The van der Waals surface area contributed by atoms with E-state index in [1.54, 1.807) is 6.07 Å². The van der Waals surface area contributed by atoms with Gasteiger partial charge in [-0.1, -0.05) is 0 Å². The Kier molecular flexibility index (Phi) is 3.29. The van der Waals surface area contributed by atoms with Crippen LogP contribution in [0.15, 0.2) is 12.1 Å². The van der Waals surface area contributed by atoms with E-state index in [9.17, 15) is 4.79 Å². The Bertz CT molecular complexity index is 433. The summed E-state index contributed by atoms with van der Waals surface area (Å²) in [6.07, 6.45) is 0. The van der Waals surface area contributed by atoms with E-state index in [2.05, 4.69) is 0 Å². The quantitative estimate of drug-likeness (QED) is 0.601. The largest absolute Gasteiger partial charge is 0.492 e. The molecule has 2 N–H and O–H groups in total. The highest BCUT2D eigenvalue weighted by atomic mass is 16.5. The number of hydrogen-bond acceptors (Lipinski definition) is 4. The molecule has 1 aromatic rings. The van der Waals surface area contributed by atoms with Crippen LogP contribution in [0.4, 0.5) is 5.69 Å². The summed E-state index contributed by atoms with van der Waals surface area (Å²) in [5.74, 6) is 0.215. The first-order valence-electron chi connectivity index (χ1n) is 4.58. The number of benzene rings is 1. The van der Waals surface area contributed by atoms with Crippen molar-refractivity contribution in [2.75, 3.05) is 12.3 Å². The van der Waals surface area contributed by atoms with E-state index in [0.717, 1.165) is 0 Å². The fraction of sp³-hybridized carbons (Fsp3) is 0.273. The van der Waals surface area contributed by atoms with Gasteiger partial charge in [-0.05, 0) is 26.0 Å². The number of hydrogen-bond donors (Lipinski definition) is 1. The van der Waals surface area contributed by atoms with Crippen LogP contribution >= 0.6 is 0 Å². The van der Waals surface area contributed by atoms with E-state index in [0.29, 0.717) is 12.4 Å². The van der Waals surface area contributed by atoms with Crippen LogP contribution in [-0.2, 0) is 0 Å². The molecule has 0 saturated heterocycles. The lowest BCUT2D eigenvalue weighted by Crippen LogP contribution is -2.06. The molecular formula is C11H12N2O2. The smallest absolute Gasteiger partial charge is 0.163 e. The fourth-order valence-electron chi connectivity index (χ4n) is 1.35. The molecule has 0 fully saturated rings. The van der Waals surface area contributed by atoms with E-state index >= 15 is 0 Å². The highest BCUT2D eigenvalue weighted by molar-refractivity contribution is 6.02. The molecule has 1 aromatic carbocycles. The Morgan fingerprint density at radius 2 is 2.27 bits per heavy atom. The van der Waals surface area contributed by atoms with E-state index in [4.69, 9.17) is 15.7 Å². The first-order chi connectivity index (χ1) is 7.11. The van der Waals surface area contributed by atoms with Crippen molar-refractivity contribution in [3.8, 4) is 11.8 Å². The number of ether oxygens (including phenoxy) is 1. The Balaban J connectivity index is 3.37. The van der Waals surface area contributed by atoms with Crippen LogP contribution in [0.1, 0.15) is 29.8 Å². The van der Waals surface area contributed by atoms with Crippen LogP contribution in [0.5, 0.6) is 5.75 Å². The van der Waals surface area contributed by atoms with Gasteiger partial charge in [0.15, 0.2) is 5.78 Å². The summed E-state index contributed by atoms with van der Waals surface area (Å²) < 4.78 is 5.24. The maximum Gasteiger partial charge on any atom is 0.163 e. The van der Waals surface area contributed by atoms with E-state index in [1.165, 1.54) is 13.0 Å². The summed E-state index contributed by atoms with van der Waals surface area (Å²) in [7, 11) is 0. The molecule has 4 heteroatoms. The van der Waals surface area contributed by atoms with Crippen molar-refractivity contribution in [1.29, 1.82) is 5.26 Å². The molecule has 0 heterocycles. The molecule has 0 aliphatic carbocycles. The maximum atomic E-state index is 11.3. The normalized spacial score (nSPS) is 9.40. The number of nitrogens with zero attached hydrogens (tertiary/aromatic N) is 1. The lowest BCUT2D eigenvalue weighted by Gasteiger charge is -2.10. The zero-order valence-corrected chi connectivity index (χ0v) is 8.70. The van der Waals surface area contributed by atoms with Crippen molar-refractivity contribution in [2.45, 2.75) is 13.8 Å². The van der Waals surface area contributed by atoms with E-state index < -0.39 is 0 Å². The topological polar surface area (TPSA) is 76.1 Å². The number of ketones is 1. The van der Waals surface area contributed by atoms with E-state index in [-0.39, 0.29) is 22.6 Å². The molecule has 0 radical (unpaired) electrons. The van der Waals surface area contributed by atoms with Gasteiger partial charge in [-0.2, -0.15) is 5.26 Å². The van der Waals surface area contributed by atoms with Crippen LogP contribution in [0.3, 0.4) is 0 Å². The van der Waals surface area contributed by atoms with Gasteiger partial charge in [0.1, 0.15) is 5.75 Å². The van der Waals surface area contributed by atoms with E-state index in [1.807, 2.05) is 13.0 Å². The lowest BCUT2D eigenvalue weighted by molar-refractivity contribution is 0.101. The van der Waals surface area contributed by atoms with Crippen LogP contribution < -0.4 is 10.5 Å². The van der Waals surface area contributed by atoms with Crippen LogP contribution in [-0.4, -0.2) is 12.4 Å². The minimum absolute atomic E-state index is 0.231. The SMILES string of the molecule is CCOc1ccc(C#N)c(C(C)=O)c1N. The predicted molar refractivity (Wildman–Crippen MR) is 56.7 cm³/mol. The third kappa shape index (κ3) is 2.08. The summed E-state index contributed by atoms with van der Waals surface area (Å²) in [6.45, 7) is 3.67. The summed E-state index contributed by atoms with van der Waals surface area (Å²) in [5.41, 5.74) is 6.51. The summed E-state index contributed by atoms with van der Waals surface area (Å²) in [5, 5.41) is 8.81. The molecule has 0 aromatic heterocycles. The Hall–Kier alpha value is -2.02. The lowest BCUT2D eigenvalue weighted by atomic mass is 10.0. The van der Waals surface area contributed by atoms with Crippen molar-refractivity contribution in [2.24, 2.45) is 0 Å². The fourth-order valence-corrected chi connectivity index (χ4v) is 1.35. The number of anilines is 1. The number of nitrogens with two attached hydrogens (primary N) is 1. The van der Waals surface area contributed by atoms with Gasteiger partial charge in [-0.15, -0.1) is 0 Å². The minimum Gasteiger partial charge on any atom is -0.492 e. The number of nitrogen functional groups attached to an aromatic ring is 1. The first-order valence-corrected chi connectivity index (χ1v) is 4.58. The molecule has 0 aliphatic rings. The number of carbonyl (C=O) groups is 1. The first kappa shape index (κ1) is 11.1. The zero-order chi connectivity index (χ0) is 11.4. The third-order valence-corrected chi connectivity index (χ3v) is 1.98. The van der Waals surface area contributed by atoms with Gasteiger partial charge in [0, 0.05) is 0 Å². The standard InChI is InChI=1S/C11H12N2O2/c1-3-15-9-5-4-8(6-12)10(7(2)14)11(9)13/h4-5H,3,13H2,1-2H3. The number of rotatable bonds is 3. The molecule has 0 atom stereocenters. The Morgan fingerprint density at radius 1 is 1.60 bits per heavy atom. The van der Waals surface area contributed by atoms with Crippen molar-refractivity contribution in [1.82, 2.24) is 0 Å². The summed E-state index contributed by atoms with van der Waals surface area (Å²) >= 11 is 0.